The molecule has 0 aliphatic carbocycles. The summed E-state index contributed by atoms with van der Waals surface area (Å²) >= 11 is 0. The molecule has 0 saturated carbocycles. The van der Waals surface area contributed by atoms with Crippen LogP contribution in [-0.4, -0.2) is 24.4 Å². The van der Waals surface area contributed by atoms with Crippen molar-refractivity contribution in [2.75, 3.05) is 11.9 Å². The topological polar surface area (TPSA) is 71.7 Å². The van der Waals surface area contributed by atoms with Crippen molar-refractivity contribution in [1.29, 1.82) is 0 Å². The number of anilines is 1. The molecule has 1 unspecified atom stereocenters. The Morgan fingerprint density at radius 3 is 2.32 bits per heavy atom. The van der Waals surface area contributed by atoms with E-state index in [0.717, 1.165) is 5.56 Å². The van der Waals surface area contributed by atoms with Crippen molar-refractivity contribution >= 4 is 11.6 Å². The number of ether oxygens (including phenoxy) is 1. The Bertz CT molecular complexity index is 792. The summed E-state index contributed by atoms with van der Waals surface area (Å²) in [5.41, 5.74) is 6.71. The normalized spacial score (nSPS) is 13.9. The maximum atomic E-state index is 12.5. The highest BCUT2D eigenvalue weighted by Crippen LogP contribution is 2.29. The van der Waals surface area contributed by atoms with Crippen molar-refractivity contribution in [2.24, 2.45) is 10.7 Å². The van der Waals surface area contributed by atoms with E-state index in [4.69, 9.17) is 5.73 Å². The molecule has 152 valence electrons. The zero-order valence-electron chi connectivity index (χ0n) is 16.0. The van der Waals surface area contributed by atoms with E-state index in [1.807, 2.05) is 51.1 Å². The maximum Gasteiger partial charge on any atom is 0.573 e. The molecule has 5 nitrogen and oxygen atoms in total. The van der Waals surface area contributed by atoms with Gasteiger partial charge in [0, 0.05) is 11.6 Å². The molecule has 0 heterocycles. The molecule has 2 aromatic carbocycles. The fraction of sp³-hybridized carbons (Fsp3) is 0.350. The van der Waals surface area contributed by atoms with Crippen LogP contribution in [0.1, 0.15) is 32.4 Å². The van der Waals surface area contributed by atoms with Crippen molar-refractivity contribution < 1.29 is 17.9 Å². The molecular weight excluding hydrogens is 369 g/mol. The second-order valence-corrected chi connectivity index (χ2v) is 7.03. The Morgan fingerprint density at radius 1 is 1.07 bits per heavy atom. The van der Waals surface area contributed by atoms with Gasteiger partial charge < -0.3 is 21.1 Å². The number of benzene rings is 2. The van der Waals surface area contributed by atoms with E-state index in [2.05, 4.69) is 20.4 Å². The van der Waals surface area contributed by atoms with E-state index in [-0.39, 0.29) is 29.0 Å². The summed E-state index contributed by atoms with van der Waals surface area (Å²) < 4.78 is 41.5. The molecule has 0 saturated heterocycles. The third kappa shape index (κ3) is 7.11. The Kier molecular flexibility index (Phi) is 6.90. The van der Waals surface area contributed by atoms with Gasteiger partial charge >= 0.3 is 6.36 Å². The van der Waals surface area contributed by atoms with Crippen molar-refractivity contribution in [3.63, 3.8) is 0 Å². The Hall–Kier alpha value is -2.74. The number of nitrogens with one attached hydrogen (secondary N) is 2. The molecule has 28 heavy (non-hydrogen) atoms. The first-order valence-electron chi connectivity index (χ1n) is 8.80. The molecule has 1 atom stereocenters. The monoisotopic (exact) mass is 394 g/mol. The van der Waals surface area contributed by atoms with E-state index in [0.29, 0.717) is 6.54 Å². The molecule has 2 rings (SSSR count). The van der Waals surface area contributed by atoms with Crippen LogP contribution in [-0.2, 0) is 0 Å². The molecule has 0 fully saturated rings. The molecule has 0 spiro atoms. The van der Waals surface area contributed by atoms with E-state index in [1.54, 1.807) is 6.07 Å². The minimum absolute atomic E-state index is 0.000429. The zero-order valence-corrected chi connectivity index (χ0v) is 16.0. The molecule has 0 aliphatic rings. The maximum absolute atomic E-state index is 12.5. The van der Waals surface area contributed by atoms with Gasteiger partial charge in [0.1, 0.15) is 0 Å². The molecule has 0 bridgehead atoms. The summed E-state index contributed by atoms with van der Waals surface area (Å²) in [4.78, 5) is 4.26. The number of guanidine groups is 1. The van der Waals surface area contributed by atoms with Gasteiger partial charge in [-0.2, -0.15) is 0 Å². The lowest BCUT2D eigenvalue weighted by Gasteiger charge is -2.29. The van der Waals surface area contributed by atoms with Gasteiger partial charge in [-0.15, -0.1) is 13.2 Å². The Morgan fingerprint density at radius 2 is 1.68 bits per heavy atom. The first kappa shape index (κ1) is 21.6. The number of alkyl halides is 3. The van der Waals surface area contributed by atoms with Gasteiger partial charge in [-0.3, -0.25) is 4.99 Å². The minimum Gasteiger partial charge on any atom is -0.404 e. The summed E-state index contributed by atoms with van der Waals surface area (Å²) in [6.45, 7) is 6.33. The van der Waals surface area contributed by atoms with Crippen LogP contribution < -0.4 is 21.1 Å². The Balaban J connectivity index is 2.00. The summed E-state index contributed by atoms with van der Waals surface area (Å²) in [7, 11) is 0. The number of rotatable bonds is 7. The number of nitrogens with zero attached hydrogens (tertiary/aromatic N) is 1. The van der Waals surface area contributed by atoms with Crippen LogP contribution in [0.15, 0.2) is 59.6 Å². The SMILES string of the molecule is CC(NC(C)(C)CN=C(N)Nc1ccccc1OC(F)(F)F)c1ccccc1. The quantitative estimate of drug-likeness (QED) is 0.480. The molecule has 8 heteroatoms. The fourth-order valence-electron chi connectivity index (χ4n) is 2.70. The summed E-state index contributed by atoms with van der Waals surface area (Å²) in [5, 5.41) is 6.14. The molecule has 4 N–H and O–H groups in total. The summed E-state index contributed by atoms with van der Waals surface area (Å²) in [6, 6.07) is 15.7. The second kappa shape index (κ2) is 8.97. The third-order valence-corrected chi connectivity index (χ3v) is 3.93. The molecule has 0 radical (unpaired) electrons. The predicted molar refractivity (Wildman–Crippen MR) is 105 cm³/mol. The highest BCUT2D eigenvalue weighted by atomic mass is 19.4. The molecule has 0 amide bonds. The van der Waals surface area contributed by atoms with Gasteiger partial charge in [0.25, 0.3) is 0 Å². The summed E-state index contributed by atoms with van der Waals surface area (Å²) in [6.07, 6.45) is -4.79. The number of aliphatic imine (C=N–C) groups is 1. The molecule has 0 aliphatic heterocycles. The van der Waals surface area contributed by atoms with Crippen molar-refractivity contribution in [2.45, 2.75) is 38.7 Å². The highest BCUT2D eigenvalue weighted by Gasteiger charge is 2.32. The van der Waals surface area contributed by atoms with Crippen molar-refractivity contribution in [3.8, 4) is 5.75 Å². The lowest BCUT2D eigenvalue weighted by atomic mass is 10.0. The van der Waals surface area contributed by atoms with Crippen LogP contribution in [0.3, 0.4) is 0 Å². The molecular formula is C20H25F3N4O. The van der Waals surface area contributed by atoms with E-state index < -0.39 is 6.36 Å². The van der Waals surface area contributed by atoms with Crippen LogP contribution in [0.5, 0.6) is 5.75 Å². The highest BCUT2D eigenvalue weighted by molar-refractivity contribution is 5.93. The summed E-state index contributed by atoms with van der Waals surface area (Å²) in [5.74, 6) is -0.372. The number of nitrogens with two attached hydrogens (primary N) is 1. The van der Waals surface area contributed by atoms with Gasteiger partial charge in [-0.25, -0.2) is 0 Å². The largest absolute Gasteiger partial charge is 0.573 e. The second-order valence-electron chi connectivity index (χ2n) is 7.03. The van der Waals surface area contributed by atoms with Gasteiger partial charge in [0.15, 0.2) is 11.7 Å². The molecule has 2 aromatic rings. The van der Waals surface area contributed by atoms with Crippen LogP contribution in [0.4, 0.5) is 18.9 Å². The van der Waals surface area contributed by atoms with E-state index >= 15 is 0 Å². The average molecular weight is 394 g/mol. The number of halogens is 3. The van der Waals surface area contributed by atoms with Crippen molar-refractivity contribution in [1.82, 2.24) is 5.32 Å². The van der Waals surface area contributed by atoms with Crippen LogP contribution >= 0.6 is 0 Å². The average Bonchev–Trinajstić information content (AvgIpc) is 2.61. The van der Waals surface area contributed by atoms with Crippen LogP contribution in [0.25, 0.3) is 0 Å². The van der Waals surface area contributed by atoms with Crippen LogP contribution in [0, 0.1) is 0 Å². The van der Waals surface area contributed by atoms with Gasteiger partial charge in [0.2, 0.25) is 0 Å². The first-order valence-corrected chi connectivity index (χ1v) is 8.80. The Labute approximate surface area is 162 Å². The van der Waals surface area contributed by atoms with E-state index in [1.165, 1.54) is 18.2 Å². The van der Waals surface area contributed by atoms with Crippen molar-refractivity contribution in [3.05, 3.63) is 60.2 Å². The third-order valence-electron chi connectivity index (χ3n) is 3.93. The zero-order chi connectivity index (χ0) is 20.8. The lowest BCUT2D eigenvalue weighted by molar-refractivity contribution is -0.274. The lowest BCUT2D eigenvalue weighted by Crippen LogP contribution is -2.44. The number of hydrogen-bond donors (Lipinski definition) is 3. The van der Waals surface area contributed by atoms with Crippen LogP contribution in [0.2, 0.25) is 0 Å². The van der Waals surface area contributed by atoms with Gasteiger partial charge in [-0.1, -0.05) is 42.5 Å². The van der Waals surface area contributed by atoms with Gasteiger partial charge in [0.05, 0.1) is 12.2 Å². The standard InChI is InChI=1S/C20H25F3N4O/c1-14(15-9-5-4-6-10-15)27-19(2,3)13-25-18(24)26-16-11-7-8-12-17(16)28-20(21,22)23/h4-12,14,27H,13H2,1-3H3,(H3,24,25,26). The smallest absolute Gasteiger partial charge is 0.404 e. The van der Waals surface area contributed by atoms with E-state index in [9.17, 15) is 13.2 Å². The number of para-hydroxylation sites is 2. The number of hydrogen-bond acceptors (Lipinski definition) is 3. The molecule has 0 aromatic heterocycles. The minimum atomic E-state index is -4.79. The fourth-order valence-corrected chi connectivity index (χ4v) is 2.70. The first-order chi connectivity index (χ1) is 13.1. The predicted octanol–water partition coefficient (Wildman–Crippen LogP) is 4.44. The van der Waals surface area contributed by atoms with Gasteiger partial charge in [-0.05, 0) is 38.5 Å².